The van der Waals surface area contributed by atoms with Gasteiger partial charge in [-0.25, -0.2) is 0 Å². The fourth-order valence-electron chi connectivity index (χ4n) is 1.96. The second-order valence-corrected chi connectivity index (χ2v) is 4.35. The van der Waals surface area contributed by atoms with Crippen LogP contribution in [0.4, 0.5) is 0 Å². The lowest BCUT2D eigenvalue weighted by molar-refractivity contribution is -0.0405. The average Bonchev–Trinajstić information content (AvgIpc) is 2.29. The fourth-order valence-corrected chi connectivity index (χ4v) is 2.20. The van der Waals surface area contributed by atoms with Crippen LogP contribution in [-0.4, -0.2) is 67.7 Å². The van der Waals surface area contributed by atoms with Gasteiger partial charge in [0.25, 0.3) is 0 Å². The van der Waals surface area contributed by atoms with Crippen LogP contribution in [0.2, 0.25) is 0 Å². The molecule has 0 aromatic heterocycles. The number of halogens is 1. The van der Waals surface area contributed by atoms with Gasteiger partial charge in [0.15, 0.2) is 0 Å². The zero-order valence-electron chi connectivity index (χ0n) is 9.91. The van der Waals surface area contributed by atoms with Crippen molar-refractivity contribution in [3.05, 3.63) is 0 Å². The first kappa shape index (κ1) is 13.2. The van der Waals surface area contributed by atoms with Crippen LogP contribution in [0.3, 0.4) is 0 Å². The van der Waals surface area contributed by atoms with Gasteiger partial charge in [-0.15, -0.1) is 11.6 Å². The highest BCUT2D eigenvalue weighted by molar-refractivity contribution is 6.18. The number of hydrogen-bond acceptors (Lipinski definition) is 3. The lowest BCUT2D eigenvalue weighted by Crippen LogP contribution is -2.47. The minimum absolute atomic E-state index is 0.363. The maximum Gasteiger partial charge on any atom is 0.0829 e. The van der Waals surface area contributed by atoms with Crippen LogP contribution in [-0.2, 0) is 4.74 Å². The van der Waals surface area contributed by atoms with Gasteiger partial charge in [0.05, 0.1) is 12.7 Å². The van der Waals surface area contributed by atoms with E-state index in [0.29, 0.717) is 12.0 Å². The Morgan fingerprint density at radius 3 is 2.87 bits per heavy atom. The molecule has 1 aliphatic heterocycles. The first-order chi connectivity index (χ1) is 7.30. The smallest absolute Gasteiger partial charge is 0.0829 e. The van der Waals surface area contributed by atoms with Crippen LogP contribution < -0.4 is 0 Å². The van der Waals surface area contributed by atoms with E-state index in [1.807, 2.05) is 0 Å². The Hall–Kier alpha value is 0.170. The highest BCUT2D eigenvalue weighted by Gasteiger charge is 2.20. The first-order valence-electron chi connectivity index (χ1n) is 5.92. The Labute approximate surface area is 98.3 Å². The molecule has 1 aliphatic rings. The van der Waals surface area contributed by atoms with Gasteiger partial charge in [0.1, 0.15) is 0 Å². The molecule has 1 unspecified atom stereocenters. The topological polar surface area (TPSA) is 15.7 Å². The molecule has 0 N–H and O–H groups in total. The number of hydrogen-bond donors (Lipinski definition) is 0. The van der Waals surface area contributed by atoms with Gasteiger partial charge in [-0.2, -0.15) is 0 Å². The molecule has 1 rings (SSSR count). The Balaban J connectivity index is 2.29. The molecule has 90 valence electrons. The van der Waals surface area contributed by atoms with Crippen molar-refractivity contribution in [1.82, 2.24) is 9.80 Å². The molecule has 0 saturated carbocycles. The summed E-state index contributed by atoms with van der Waals surface area (Å²) >= 11 is 5.76. The summed E-state index contributed by atoms with van der Waals surface area (Å²) in [5, 5.41) is 0. The van der Waals surface area contributed by atoms with E-state index in [2.05, 4.69) is 23.6 Å². The highest BCUT2D eigenvalue weighted by atomic mass is 35.5. The van der Waals surface area contributed by atoms with E-state index in [9.17, 15) is 0 Å². The zero-order chi connectivity index (χ0) is 11.1. The lowest BCUT2D eigenvalue weighted by atomic mass is 10.2. The molecule has 0 radical (unpaired) electrons. The van der Waals surface area contributed by atoms with Crippen LogP contribution >= 0.6 is 11.6 Å². The summed E-state index contributed by atoms with van der Waals surface area (Å²) in [7, 11) is 0. The molecule has 0 bridgehead atoms. The van der Waals surface area contributed by atoms with E-state index in [1.165, 1.54) is 0 Å². The molecule has 0 amide bonds. The number of rotatable bonds is 6. The third-order valence-electron chi connectivity index (χ3n) is 2.98. The van der Waals surface area contributed by atoms with Gasteiger partial charge in [-0.05, 0) is 13.1 Å². The summed E-state index contributed by atoms with van der Waals surface area (Å²) in [6.45, 7) is 11.6. The third-order valence-corrected chi connectivity index (χ3v) is 3.15. The van der Waals surface area contributed by atoms with Crippen molar-refractivity contribution in [3.63, 3.8) is 0 Å². The average molecular weight is 235 g/mol. The van der Waals surface area contributed by atoms with Crippen molar-refractivity contribution in [2.75, 3.05) is 51.8 Å². The molecular weight excluding hydrogens is 212 g/mol. The summed E-state index contributed by atoms with van der Waals surface area (Å²) in [6, 6.07) is 0. The normalized spacial score (nSPS) is 23.6. The maximum atomic E-state index is 5.76. The molecule has 15 heavy (non-hydrogen) atoms. The molecule has 1 saturated heterocycles. The third kappa shape index (κ3) is 4.68. The van der Waals surface area contributed by atoms with Crippen LogP contribution in [0.15, 0.2) is 0 Å². The molecule has 1 atom stereocenters. The summed E-state index contributed by atoms with van der Waals surface area (Å²) in [4.78, 5) is 4.81. The summed E-state index contributed by atoms with van der Waals surface area (Å²) < 4.78 is 5.76. The van der Waals surface area contributed by atoms with E-state index in [0.717, 1.165) is 45.9 Å². The van der Waals surface area contributed by atoms with E-state index < -0.39 is 0 Å². The fraction of sp³-hybridized carbons (Fsp3) is 1.00. The van der Waals surface area contributed by atoms with Crippen molar-refractivity contribution < 1.29 is 4.74 Å². The van der Waals surface area contributed by atoms with Crippen molar-refractivity contribution in [2.45, 2.75) is 20.0 Å². The lowest BCUT2D eigenvalue weighted by Gasteiger charge is -2.34. The summed E-state index contributed by atoms with van der Waals surface area (Å²) in [5.74, 6) is 0.706. The molecule has 0 aromatic rings. The van der Waals surface area contributed by atoms with E-state index >= 15 is 0 Å². The van der Waals surface area contributed by atoms with Crippen molar-refractivity contribution >= 4 is 11.6 Å². The molecular formula is C11H23ClN2O. The Bertz CT molecular complexity index is 169. The molecule has 0 spiro atoms. The second kappa shape index (κ2) is 7.44. The van der Waals surface area contributed by atoms with E-state index in [4.69, 9.17) is 16.3 Å². The molecule has 4 heteroatoms. The van der Waals surface area contributed by atoms with E-state index in [-0.39, 0.29) is 0 Å². The second-order valence-electron chi connectivity index (χ2n) is 3.97. The monoisotopic (exact) mass is 234 g/mol. The summed E-state index contributed by atoms with van der Waals surface area (Å²) in [5.41, 5.74) is 0. The maximum absolute atomic E-state index is 5.76. The predicted molar refractivity (Wildman–Crippen MR) is 64.7 cm³/mol. The van der Waals surface area contributed by atoms with Gasteiger partial charge in [-0.3, -0.25) is 9.80 Å². The van der Waals surface area contributed by atoms with Crippen LogP contribution in [0.25, 0.3) is 0 Å². The largest absolute Gasteiger partial charge is 0.374 e. The molecule has 1 fully saturated rings. The quantitative estimate of drug-likeness (QED) is 0.644. The van der Waals surface area contributed by atoms with Crippen molar-refractivity contribution in [3.8, 4) is 0 Å². The van der Waals surface area contributed by atoms with Crippen LogP contribution in [0.1, 0.15) is 13.8 Å². The standard InChI is InChI=1S/C11H23ClN2O/c1-3-13(6-5-12)9-11-10-14(4-2)7-8-15-11/h11H,3-10H2,1-2H3. The van der Waals surface area contributed by atoms with Gasteiger partial charge >= 0.3 is 0 Å². The molecule has 0 aliphatic carbocycles. The highest BCUT2D eigenvalue weighted by Crippen LogP contribution is 2.06. The predicted octanol–water partition coefficient (Wildman–Crippen LogP) is 1.27. The van der Waals surface area contributed by atoms with Crippen LogP contribution in [0, 0.1) is 0 Å². The van der Waals surface area contributed by atoms with Crippen molar-refractivity contribution in [2.24, 2.45) is 0 Å². The molecule has 1 heterocycles. The minimum atomic E-state index is 0.363. The Kier molecular flexibility index (Phi) is 6.57. The van der Waals surface area contributed by atoms with E-state index in [1.54, 1.807) is 0 Å². The number of likely N-dealkylation sites (N-methyl/N-ethyl adjacent to an activating group) is 2. The van der Waals surface area contributed by atoms with Crippen LogP contribution in [0.5, 0.6) is 0 Å². The van der Waals surface area contributed by atoms with Gasteiger partial charge in [0.2, 0.25) is 0 Å². The first-order valence-corrected chi connectivity index (χ1v) is 6.45. The van der Waals surface area contributed by atoms with Gasteiger partial charge in [-0.1, -0.05) is 13.8 Å². The number of nitrogens with zero attached hydrogens (tertiary/aromatic N) is 2. The van der Waals surface area contributed by atoms with Gasteiger partial charge in [0, 0.05) is 32.1 Å². The Morgan fingerprint density at radius 1 is 1.47 bits per heavy atom. The minimum Gasteiger partial charge on any atom is -0.374 e. The molecule has 3 nitrogen and oxygen atoms in total. The zero-order valence-corrected chi connectivity index (χ0v) is 10.7. The number of morpholine rings is 1. The van der Waals surface area contributed by atoms with Crippen molar-refractivity contribution in [1.29, 1.82) is 0 Å². The molecule has 0 aromatic carbocycles. The number of ether oxygens (including phenoxy) is 1. The summed E-state index contributed by atoms with van der Waals surface area (Å²) in [6.07, 6.45) is 0.363. The Morgan fingerprint density at radius 2 is 2.27 bits per heavy atom. The SMILES string of the molecule is CCN(CCCl)CC1CN(CC)CCO1. The van der Waals surface area contributed by atoms with Gasteiger partial charge < -0.3 is 4.74 Å². The number of alkyl halides is 1.